The summed E-state index contributed by atoms with van der Waals surface area (Å²) in [7, 11) is 1.89. The topological polar surface area (TPSA) is 85.0 Å². The SMILES string of the molecule is Cn1cc(-c2ccnc3cc(-c4cccc(NC(=O)[C@@H]5CCCN5)c4)oc23)cn1. The molecule has 2 N–H and O–H groups in total. The van der Waals surface area contributed by atoms with Gasteiger partial charge in [0.25, 0.3) is 0 Å². The van der Waals surface area contributed by atoms with Crippen molar-refractivity contribution in [2.45, 2.75) is 18.9 Å². The predicted molar refractivity (Wildman–Crippen MR) is 111 cm³/mol. The van der Waals surface area contributed by atoms with Crippen molar-refractivity contribution in [2.24, 2.45) is 7.05 Å². The van der Waals surface area contributed by atoms with Crippen molar-refractivity contribution in [1.29, 1.82) is 0 Å². The second-order valence-corrected chi connectivity index (χ2v) is 7.31. The van der Waals surface area contributed by atoms with Crippen molar-refractivity contribution < 1.29 is 9.21 Å². The van der Waals surface area contributed by atoms with Crippen LogP contribution >= 0.6 is 0 Å². The van der Waals surface area contributed by atoms with Crippen molar-refractivity contribution in [3.8, 4) is 22.5 Å². The molecule has 29 heavy (non-hydrogen) atoms. The lowest BCUT2D eigenvalue weighted by atomic mass is 10.1. The standard InChI is InChI=1S/C22H21N5O2/c1-27-13-15(12-25-27)17-7-9-24-19-11-20(29-21(17)19)14-4-2-5-16(10-14)26-22(28)18-6-3-8-23-18/h2,4-5,7,9-13,18,23H,3,6,8H2,1H3,(H,26,28)/t18-/m0/s1. The van der Waals surface area contributed by atoms with Crippen LogP contribution in [-0.4, -0.2) is 33.3 Å². The number of amides is 1. The van der Waals surface area contributed by atoms with E-state index in [1.165, 1.54) is 0 Å². The zero-order chi connectivity index (χ0) is 19.8. The first kappa shape index (κ1) is 17.6. The van der Waals surface area contributed by atoms with Crippen LogP contribution in [0.5, 0.6) is 0 Å². The van der Waals surface area contributed by atoms with Gasteiger partial charge in [-0.3, -0.25) is 14.5 Å². The molecule has 1 fully saturated rings. The Hall–Kier alpha value is -3.45. The van der Waals surface area contributed by atoms with Crippen LogP contribution < -0.4 is 10.6 Å². The minimum Gasteiger partial charge on any atom is -0.454 e. The van der Waals surface area contributed by atoms with Gasteiger partial charge in [-0.05, 0) is 37.6 Å². The number of carbonyl (C=O) groups is 1. The van der Waals surface area contributed by atoms with Crippen LogP contribution in [-0.2, 0) is 11.8 Å². The van der Waals surface area contributed by atoms with E-state index in [1.54, 1.807) is 10.9 Å². The minimum atomic E-state index is -0.115. The fourth-order valence-electron chi connectivity index (χ4n) is 3.76. The largest absolute Gasteiger partial charge is 0.454 e. The van der Waals surface area contributed by atoms with E-state index in [0.717, 1.165) is 52.9 Å². The average molecular weight is 387 g/mol. The van der Waals surface area contributed by atoms with Crippen LogP contribution in [0.15, 0.2) is 59.4 Å². The van der Waals surface area contributed by atoms with Crippen LogP contribution in [0.1, 0.15) is 12.8 Å². The van der Waals surface area contributed by atoms with Gasteiger partial charge in [0.1, 0.15) is 11.3 Å². The second kappa shape index (κ2) is 7.18. The molecule has 0 bridgehead atoms. The molecular formula is C22H21N5O2. The molecule has 4 heterocycles. The fourth-order valence-corrected chi connectivity index (χ4v) is 3.76. The number of benzene rings is 1. The van der Waals surface area contributed by atoms with Gasteiger partial charge in [-0.1, -0.05) is 12.1 Å². The van der Waals surface area contributed by atoms with E-state index in [1.807, 2.05) is 55.8 Å². The van der Waals surface area contributed by atoms with Gasteiger partial charge < -0.3 is 15.1 Å². The number of rotatable bonds is 4. The van der Waals surface area contributed by atoms with Crippen molar-refractivity contribution in [3.63, 3.8) is 0 Å². The van der Waals surface area contributed by atoms with Gasteiger partial charge in [-0.2, -0.15) is 5.10 Å². The molecule has 3 aromatic heterocycles. The van der Waals surface area contributed by atoms with E-state index in [-0.39, 0.29) is 11.9 Å². The Bertz CT molecular complexity index is 1190. The third-order valence-corrected chi connectivity index (χ3v) is 5.22. The molecule has 7 nitrogen and oxygen atoms in total. The van der Waals surface area contributed by atoms with Gasteiger partial charge in [-0.25, -0.2) is 0 Å². The van der Waals surface area contributed by atoms with Crippen LogP contribution in [0.4, 0.5) is 5.69 Å². The monoisotopic (exact) mass is 387 g/mol. The van der Waals surface area contributed by atoms with Gasteiger partial charge in [0.2, 0.25) is 5.91 Å². The Balaban J connectivity index is 1.47. The molecule has 1 aliphatic heterocycles. The summed E-state index contributed by atoms with van der Waals surface area (Å²) in [5.41, 5.74) is 5.07. The Morgan fingerprint density at radius 3 is 3.00 bits per heavy atom. The lowest BCUT2D eigenvalue weighted by molar-refractivity contribution is -0.117. The first-order valence-corrected chi connectivity index (χ1v) is 9.70. The minimum absolute atomic E-state index is 0.00443. The van der Waals surface area contributed by atoms with Crippen LogP contribution in [0.2, 0.25) is 0 Å². The number of carbonyl (C=O) groups excluding carboxylic acids is 1. The summed E-state index contributed by atoms with van der Waals surface area (Å²) in [4.78, 5) is 16.8. The fraction of sp³-hybridized carbons (Fsp3) is 0.227. The molecule has 0 unspecified atom stereocenters. The summed E-state index contributed by atoms with van der Waals surface area (Å²) in [5, 5.41) is 10.5. The number of nitrogens with zero attached hydrogens (tertiary/aromatic N) is 3. The highest BCUT2D eigenvalue weighted by molar-refractivity contribution is 5.96. The molecule has 0 radical (unpaired) electrons. The van der Waals surface area contributed by atoms with Gasteiger partial charge in [0, 0.05) is 47.9 Å². The smallest absolute Gasteiger partial charge is 0.241 e. The van der Waals surface area contributed by atoms with Crippen LogP contribution in [0.25, 0.3) is 33.6 Å². The number of fused-ring (bicyclic) bond motifs is 1. The summed E-state index contributed by atoms with van der Waals surface area (Å²) >= 11 is 0. The maximum absolute atomic E-state index is 12.4. The quantitative estimate of drug-likeness (QED) is 0.559. The molecule has 4 aromatic rings. The Kier molecular flexibility index (Phi) is 4.37. The van der Waals surface area contributed by atoms with E-state index in [2.05, 4.69) is 20.7 Å². The Labute approximate surface area is 167 Å². The number of hydrogen-bond donors (Lipinski definition) is 2. The number of furan rings is 1. The maximum atomic E-state index is 12.4. The van der Waals surface area contributed by atoms with E-state index in [4.69, 9.17) is 4.42 Å². The molecule has 1 aliphatic rings. The zero-order valence-corrected chi connectivity index (χ0v) is 16.1. The zero-order valence-electron chi connectivity index (χ0n) is 16.1. The molecule has 1 saturated heterocycles. The molecule has 7 heteroatoms. The number of aryl methyl sites for hydroxylation is 1. The first-order chi connectivity index (χ1) is 14.2. The summed E-state index contributed by atoms with van der Waals surface area (Å²) in [6, 6.07) is 11.4. The molecular weight excluding hydrogens is 366 g/mol. The maximum Gasteiger partial charge on any atom is 0.241 e. The predicted octanol–water partition coefficient (Wildman–Crippen LogP) is 3.59. The molecule has 0 saturated carbocycles. The number of anilines is 1. The van der Waals surface area contributed by atoms with E-state index < -0.39 is 0 Å². The van der Waals surface area contributed by atoms with Crippen molar-refractivity contribution in [3.05, 3.63) is 55.0 Å². The highest BCUT2D eigenvalue weighted by atomic mass is 16.3. The molecule has 1 aromatic carbocycles. The van der Waals surface area contributed by atoms with E-state index in [0.29, 0.717) is 5.76 Å². The van der Waals surface area contributed by atoms with Crippen molar-refractivity contribution in [2.75, 3.05) is 11.9 Å². The van der Waals surface area contributed by atoms with Gasteiger partial charge >= 0.3 is 0 Å². The van der Waals surface area contributed by atoms with Crippen LogP contribution in [0, 0.1) is 0 Å². The molecule has 1 amide bonds. The summed E-state index contributed by atoms with van der Waals surface area (Å²) in [6.45, 7) is 0.892. The van der Waals surface area contributed by atoms with E-state index in [9.17, 15) is 4.79 Å². The summed E-state index contributed by atoms with van der Waals surface area (Å²) < 4.78 is 7.94. The Morgan fingerprint density at radius 1 is 1.28 bits per heavy atom. The third kappa shape index (κ3) is 3.40. The molecule has 146 valence electrons. The molecule has 0 spiro atoms. The van der Waals surface area contributed by atoms with Crippen LogP contribution in [0.3, 0.4) is 0 Å². The summed E-state index contributed by atoms with van der Waals surface area (Å²) in [5.74, 6) is 0.712. The first-order valence-electron chi connectivity index (χ1n) is 9.70. The Morgan fingerprint density at radius 2 is 2.21 bits per heavy atom. The van der Waals surface area contributed by atoms with Gasteiger partial charge in [0.15, 0.2) is 5.58 Å². The average Bonchev–Trinajstić information content (AvgIpc) is 3.48. The summed E-state index contributed by atoms with van der Waals surface area (Å²) in [6.07, 6.45) is 7.44. The van der Waals surface area contributed by atoms with E-state index >= 15 is 0 Å². The van der Waals surface area contributed by atoms with Crippen molar-refractivity contribution >= 4 is 22.7 Å². The number of nitrogens with one attached hydrogen (secondary N) is 2. The number of aromatic nitrogens is 3. The number of hydrogen-bond acceptors (Lipinski definition) is 5. The highest BCUT2D eigenvalue weighted by Gasteiger charge is 2.22. The van der Waals surface area contributed by atoms with Gasteiger partial charge in [-0.15, -0.1) is 0 Å². The molecule has 1 atom stereocenters. The number of pyridine rings is 1. The van der Waals surface area contributed by atoms with Crippen molar-refractivity contribution in [1.82, 2.24) is 20.1 Å². The highest BCUT2D eigenvalue weighted by Crippen LogP contribution is 2.34. The lowest BCUT2D eigenvalue weighted by Crippen LogP contribution is -2.35. The van der Waals surface area contributed by atoms with Gasteiger partial charge in [0.05, 0.1) is 12.2 Å². The third-order valence-electron chi connectivity index (χ3n) is 5.22. The second-order valence-electron chi connectivity index (χ2n) is 7.31. The molecule has 0 aliphatic carbocycles. The normalized spacial score (nSPS) is 16.4. The molecule has 5 rings (SSSR count). The lowest BCUT2D eigenvalue weighted by Gasteiger charge is -2.11.